The van der Waals surface area contributed by atoms with E-state index in [4.69, 9.17) is 14.2 Å². The predicted molar refractivity (Wildman–Crippen MR) is 143 cm³/mol. The number of fused-ring (bicyclic) bond motifs is 1. The van der Waals surface area contributed by atoms with E-state index in [9.17, 15) is 5.11 Å². The van der Waals surface area contributed by atoms with Crippen LogP contribution in [0.4, 0.5) is 4.39 Å². The van der Waals surface area contributed by atoms with Gasteiger partial charge in [0.05, 0.1) is 6.61 Å². The number of hydrogen-bond acceptors (Lipinski definition) is 4. The molecule has 1 N–H and O–H groups in total. The van der Waals surface area contributed by atoms with Gasteiger partial charge >= 0.3 is 0 Å². The zero-order valence-electron chi connectivity index (χ0n) is 21.7. The summed E-state index contributed by atoms with van der Waals surface area (Å²) in [5, 5.41) is 9.99. The molecule has 3 aromatic carbocycles. The quantitative estimate of drug-likeness (QED) is 0.330. The molecule has 5 rings (SSSR count). The summed E-state index contributed by atoms with van der Waals surface area (Å²) < 4.78 is 32.4. The van der Waals surface area contributed by atoms with Gasteiger partial charge in [-0.25, -0.2) is 4.39 Å². The van der Waals surface area contributed by atoms with Crippen molar-refractivity contribution < 1.29 is 23.7 Å². The van der Waals surface area contributed by atoms with Crippen molar-refractivity contribution in [3.05, 3.63) is 94.8 Å². The van der Waals surface area contributed by atoms with Gasteiger partial charge in [-0.05, 0) is 73.3 Å². The van der Waals surface area contributed by atoms with Gasteiger partial charge in [0.2, 0.25) is 0 Å². The van der Waals surface area contributed by atoms with Crippen LogP contribution in [0.25, 0.3) is 0 Å². The number of phenolic OH excluding ortho intramolecular Hbond substituents is 1. The Balaban J connectivity index is 1.32. The van der Waals surface area contributed by atoms with Crippen LogP contribution in [-0.4, -0.2) is 32.2 Å². The van der Waals surface area contributed by atoms with Crippen molar-refractivity contribution in [2.45, 2.75) is 56.7 Å². The van der Waals surface area contributed by atoms with Crippen molar-refractivity contribution in [1.82, 2.24) is 0 Å². The molecule has 1 fully saturated rings. The lowest BCUT2D eigenvalue weighted by Gasteiger charge is -2.34. The molecule has 0 radical (unpaired) electrons. The van der Waals surface area contributed by atoms with E-state index < -0.39 is 0 Å². The van der Waals surface area contributed by atoms with Crippen LogP contribution in [0.2, 0.25) is 0 Å². The number of phenols is 1. The van der Waals surface area contributed by atoms with Gasteiger partial charge in [-0.1, -0.05) is 48.5 Å². The highest BCUT2D eigenvalue weighted by molar-refractivity contribution is 5.50. The van der Waals surface area contributed by atoms with Crippen LogP contribution >= 0.6 is 0 Å². The van der Waals surface area contributed by atoms with E-state index in [-0.39, 0.29) is 29.7 Å². The summed E-state index contributed by atoms with van der Waals surface area (Å²) in [7, 11) is 3.41. The third-order valence-corrected chi connectivity index (χ3v) is 8.38. The molecule has 196 valence electrons. The minimum atomic E-state index is -0.136. The van der Waals surface area contributed by atoms with Gasteiger partial charge in [0.25, 0.3) is 0 Å². The van der Waals surface area contributed by atoms with Gasteiger partial charge in [-0.2, -0.15) is 0 Å². The third kappa shape index (κ3) is 5.68. The highest BCUT2D eigenvalue weighted by atomic mass is 19.1. The van der Waals surface area contributed by atoms with Gasteiger partial charge in [0, 0.05) is 43.6 Å². The molecule has 0 bridgehead atoms. The average molecular weight is 505 g/mol. The lowest BCUT2D eigenvalue weighted by atomic mass is 9.75. The van der Waals surface area contributed by atoms with Crippen LogP contribution in [-0.2, 0) is 15.9 Å². The molecule has 0 amide bonds. The molecule has 5 heteroatoms. The standard InChI is InChI=1S/C32H37FO4/c1-35-32(36-2)24-12-9-21(10-13-24)8-11-23-14-15-25(18-29(23)33)31-27-17-16-26(34)19-30(27)37-20-28(31)22-6-4-3-5-7-22/h3-7,14-19,21,24,28,31-32,34H,8-13,20H2,1-2H3. The third-order valence-electron chi connectivity index (χ3n) is 8.38. The summed E-state index contributed by atoms with van der Waals surface area (Å²) in [5.74, 6) is 1.77. The Hall–Kier alpha value is -2.89. The van der Waals surface area contributed by atoms with Gasteiger partial charge in [-0.15, -0.1) is 0 Å². The molecule has 2 atom stereocenters. The summed E-state index contributed by atoms with van der Waals surface area (Å²) in [6.45, 7) is 0.476. The molecule has 1 saturated carbocycles. The maximum Gasteiger partial charge on any atom is 0.159 e. The zero-order chi connectivity index (χ0) is 25.8. The maximum absolute atomic E-state index is 15.5. The van der Waals surface area contributed by atoms with Crippen molar-refractivity contribution >= 4 is 0 Å². The van der Waals surface area contributed by atoms with Crippen LogP contribution < -0.4 is 4.74 Å². The summed E-state index contributed by atoms with van der Waals surface area (Å²) in [6, 6.07) is 21.3. The van der Waals surface area contributed by atoms with Crippen LogP contribution in [0.15, 0.2) is 66.7 Å². The average Bonchev–Trinajstić information content (AvgIpc) is 2.93. The first-order valence-electron chi connectivity index (χ1n) is 13.4. The van der Waals surface area contributed by atoms with E-state index in [1.54, 1.807) is 32.4 Å². The SMILES string of the molecule is COC(OC)C1CCC(CCc2ccc(C3c4ccc(O)cc4OCC3c3ccccc3)cc2F)CC1. The summed E-state index contributed by atoms with van der Waals surface area (Å²) in [5.41, 5.74) is 3.87. The number of methoxy groups -OCH3 is 2. The van der Waals surface area contributed by atoms with Crippen LogP contribution in [0, 0.1) is 17.7 Å². The molecule has 37 heavy (non-hydrogen) atoms. The predicted octanol–water partition coefficient (Wildman–Crippen LogP) is 7.20. The molecule has 0 aromatic heterocycles. The molecule has 4 nitrogen and oxygen atoms in total. The smallest absolute Gasteiger partial charge is 0.159 e. The topological polar surface area (TPSA) is 47.9 Å². The molecule has 2 aliphatic rings. The fraction of sp³-hybridized carbons (Fsp3) is 0.438. The fourth-order valence-corrected chi connectivity index (χ4v) is 6.35. The number of rotatable bonds is 8. The van der Waals surface area contributed by atoms with E-state index in [1.165, 1.54) is 0 Å². The summed E-state index contributed by atoms with van der Waals surface area (Å²) >= 11 is 0. The largest absolute Gasteiger partial charge is 0.508 e. The van der Waals surface area contributed by atoms with Gasteiger partial charge in [0.1, 0.15) is 17.3 Å². The normalized spacial score (nSPS) is 23.5. The Morgan fingerprint density at radius 3 is 2.38 bits per heavy atom. The molecule has 0 spiro atoms. The van der Waals surface area contributed by atoms with Crippen molar-refractivity contribution in [2.24, 2.45) is 11.8 Å². The number of benzene rings is 3. The highest BCUT2D eigenvalue weighted by Crippen LogP contribution is 2.47. The summed E-state index contributed by atoms with van der Waals surface area (Å²) in [4.78, 5) is 0. The second-order valence-corrected chi connectivity index (χ2v) is 10.5. The molecule has 0 saturated heterocycles. The van der Waals surface area contributed by atoms with E-state index in [2.05, 4.69) is 18.2 Å². The number of hydrogen-bond donors (Lipinski definition) is 1. The van der Waals surface area contributed by atoms with Gasteiger partial charge in [0.15, 0.2) is 6.29 Å². The first kappa shape index (κ1) is 25.7. The highest BCUT2D eigenvalue weighted by Gasteiger charge is 2.34. The molecule has 2 unspecified atom stereocenters. The Morgan fingerprint density at radius 1 is 0.919 bits per heavy atom. The Morgan fingerprint density at radius 2 is 1.68 bits per heavy atom. The lowest BCUT2D eigenvalue weighted by Crippen LogP contribution is -2.29. The van der Waals surface area contributed by atoms with E-state index in [1.807, 2.05) is 30.3 Å². The van der Waals surface area contributed by atoms with Crippen molar-refractivity contribution in [1.29, 1.82) is 0 Å². The maximum atomic E-state index is 15.5. The molecular formula is C32H37FO4. The minimum Gasteiger partial charge on any atom is -0.508 e. The van der Waals surface area contributed by atoms with E-state index in [0.29, 0.717) is 24.2 Å². The molecule has 3 aromatic rings. The molecule has 1 aliphatic carbocycles. The van der Waals surface area contributed by atoms with Crippen molar-refractivity contribution in [3.8, 4) is 11.5 Å². The first-order chi connectivity index (χ1) is 18.1. The van der Waals surface area contributed by atoms with Crippen molar-refractivity contribution in [3.63, 3.8) is 0 Å². The van der Waals surface area contributed by atoms with Gasteiger partial charge in [-0.3, -0.25) is 0 Å². The number of ether oxygens (including phenoxy) is 3. The van der Waals surface area contributed by atoms with E-state index in [0.717, 1.165) is 60.8 Å². The second-order valence-electron chi connectivity index (χ2n) is 10.5. The Kier molecular flexibility index (Phi) is 8.11. The molecular weight excluding hydrogens is 467 g/mol. The minimum absolute atomic E-state index is 0.0555. The fourth-order valence-electron chi connectivity index (χ4n) is 6.35. The Bertz CT molecular complexity index is 1170. The summed E-state index contributed by atoms with van der Waals surface area (Å²) in [6.07, 6.45) is 6.09. The molecule has 1 aliphatic heterocycles. The first-order valence-corrected chi connectivity index (χ1v) is 13.4. The number of aryl methyl sites for hydroxylation is 1. The Labute approximate surface area is 219 Å². The van der Waals surface area contributed by atoms with Gasteiger partial charge < -0.3 is 19.3 Å². The number of aromatic hydroxyl groups is 1. The number of halogens is 1. The molecule has 1 heterocycles. The van der Waals surface area contributed by atoms with Crippen LogP contribution in [0.1, 0.15) is 66.2 Å². The monoisotopic (exact) mass is 504 g/mol. The van der Waals surface area contributed by atoms with Crippen LogP contribution in [0.5, 0.6) is 11.5 Å². The van der Waals surface area contributed by atoms with E-state index >= 15 is 4.39 Å². The van der Waals surface area contributed by atoms with Crippen molar-refractivity contribution in [2.75, 3.05) is 20.8 Å². The second kappa shape index (κ2) is 11.7. The van der Waals surface area contributed by atoms with Crippen LogP contribution in [0.3, 0.4) is 0 Å². The lowest BCUT2D eigenvalue weighted by molar-refractivity contribution is -0.145. The zero-order valence-corrected chi connectivity index (χ0v) is 21.7.